The normalized spacial score (nSPS) is 15.6. The number of benzene rings is 2. The summed E-state index contributed by atoms with van der Waals surface area (Å²) in [5.74, 6) is -0.0966. The highest BCUT2D eigenvalue weighted by molar-refractivity contribution is 7.89. The molecule has 2 amide bonds. The van der Waals surface area contributed by atoms with Crippen LogP contribution in [-0.4, -0.2) is 37.6 Å². The lowest BCUT2D eigenvalue weighted by Gasteiger charge is -2.29. The predicted octanol–water partition coefficient (Wildman–Crippen LogP) is 3.95. The van der Waals surface area contributed by atoms with Gasteiger partial charge in [-0.25, -0.2) is 8.42 Å². The van der Waals surface area contributed by atoms with E-state index in [4.69, 9.17) is 0 Å². The highest BCUT2D eigenvalue weighted by Crippen LogP contribution is 2.24. The van der Waals surface area contributed by atoms with Gasteiger partial charge in [0.2, 0.25) is 15.9 Å². The summed E-state index contributed by atoms with van der Waals surface area (Å²) in [4.78, 5) is 24.7. The lowest BCUT2D eigenvalue weighted by Crippen LogP contribution is -2.37. The Morgan fingerprint density at radius 3 is 2.23 bits per heavy atom. The van der Waals surface area contributed by atoms with Crippen LogP contribution in [0.2, 0.25) is 0 Å². The van der Waals surface area contributed by atoms with Crippen LogP contribution in [0.1, 0.15) is 44.0 Å². The van der Waals surface area contributed by atoms with Crippen LogP contribution in [-0.2, 0) is 14.8 Å². The summed E-state index contributed by atoms with van der Waals surface area (Å²) in [6.07, 6.45) is 1.73. The average molecular weight is 444 g/mol. The molecule has 0 spiro atoms. The summed E-state index contributed by atoms with van der Waals surface area (Å²) in [6.45, 7) is 6.79. The molecule has 1 saturated heterocycles. The minimum Gasteiger partial charge on any atom is -0.326 e. The van der Waals surface area contributed by atoms with Crippen LogP contribution in [0.15, 0.2) is 53.4 Å². The van der Waals surface area contributed by atoms with Gasteiger partial charge in [0.1, 0.15) is 0 Å². The van der Waals surface area contributed by atoms with E-state index in [0.29, 0.717) is 35.9 Å². The fraction of sp³-hybridized carbons (Fsp3) is 0.391. The number of carbonyl (C=O) groups is 2. The first-order valence-corrected chi connectivity index (χ1v) is 11.9. The Morgan fingerprint density at radius 2 is 1.61 bits per heavy atom. The second kappa shape index (κ2) is 9.62. The Hall–Kier alpha value is -2.71. The van der Waals surface area contributed by atoms with Gasteiger partial charge in [0, 0.05) is 35.9 Å². The molecule has 1 heterocycles. The zero-order chi connectivity index (χ0) is 22.6. The molecule has 0 unspecified atom stereocenters. The van der Waals surface area contributed by atoms with E-state index in [9.17, 15) is 18.0 Å². The minimum atomic E-state index is -3.53. The number of anilines is 2. The van der Waals surface area contributed by atoms with Crippen molar-refractivity contribution in [1.82, 2.24) is 4.31 Å². The Labute approximate surface area is 183 Å². The second-order valence-corrected chi connectivity index (χ2v) is 10.2. The molecule has 166 valence electrons. The van der Waals surface area contributed by atoms with E-state index < -0.39 is 10.0 Å². The molecule has 0 aromatic heterocycles. The molecule has 7 nitrogen and oxygen atoms in total. The first kappa shape index (κ1) is 23.0. The zero-order valence-electron chi connectivity index (χ0n) is 18.1. The van der Waals surface area contributed by atoms with Gasteiger partial charge in [-0.05, 0) is 61.2 Å². The number of hydrogen-bond donors (Lipinski definition) is 2. The molecule has 0 bridgehead atoms. The third-order valence-corrected chi connectivity index (χ3v) is 7.32. The van der Waals surface area contributed by atoms with Gasteiger partial charge in [-0.15, -0.1) is 0 Å². The highest BCUT2D eigenvalue weighted by atomic mass is 32.2. The molecule has 2 N–H and O–H groups in total. The maximum atomic E-state index is 12.8. The molecule has 31 heavy (non-hydrogen) atoms. The number of amides is 2. The lowest BCUT2D eigenvalue weighted by molar-refractivity contribution is -0.118. The molecule has 0 atom stereocenters. The average Bonchev–Trinajstić information content (AvgIpc) is 2.74. The molecule has 2 aromatic carbocycles. The number of rotatable bonds is 6. The van der Waals surface area contributed by atoms with Crippen molar-refractivity contribution in [2.45, 2.75) is 38.5 Å². The number of hydrogen-bond acceptors (Lipinski definition) is 4. The maximum Gasteiger partial charge on any atom is 0.255 e. The number of nitrogens with one attached hydrogen (secondary N) is 2. The van der Waals surface area contributed by atoms with Gasteiger partial charge in [0.05, 0.1) is 4.90 Å². The van der Waals surface area contributed by atoms with Gasteiger partial charge < -0.3 is 10.6 Å². The standard InChI is InChI=1S/C23H29N3O4S/c1-16(2)22(27)25-20-6-4-5-18(15-20)23(28)24-19-7-9-21(10-8-19)31(29,30)26-13-11-17(3)12-14-26/h4-10,15-17H,11-14H2,1-3H3,(H,24,28)(H,25,27). The summed E-state index contributed by atoms with van der Waals surface area (Å²) >= 11 is 0. The molecule has 1 aliphatic heterocycles. The van der Waals surface area contributed by atoms with E-state index in [-0.39, 0.29) is 22.6 Å². The van der Waals surface area contributed by atoms with Crippen LogP contribution >= 0.6 is 0 Å². The van der Waals surface area contributed by atoms with Gasteiger partial charge in [0.15, 0.2) is 0 Å². The van der Waals surface area contributed by atoms with Crippen molar-refractivity contribution in [3.05, 3.63) is 54.1 Å². The van der Waals surface area contributed by atoms with E-state index in [2.05, 4.69) is 17.6 Å². The first-order chi connectivity index (χ1) is 14.7. The lowest BCUT2D eigenvalue weighted by atomic mass is 10.0. The van der Waals surface area contributed by atoms with Crippen LogP contribution in [0.25, 0.3) is 0 Å². The summed E-state index contributed by atoms with van der Waals surface area (Å²) in [6, 6.07) is 12.9. The van der Waals surface area contributed by atoms with E-state index in [1.54, 1.807) is 50.2 Å². The minimum absolute atomic E-state index is 0.127. The summed E-state index contributed by atoms with van der Waals surface area (Å²) in [7, 11) is -3.53. The predicted molar refractivity (Wildman–Crippen MR) is 121 cm³/mol. The summed E-state index contributed by atoms with van der Waals surface area (Å²) in [5.41, 5.74) is 1.43. The number of carbonyl (C=O) groups excluding carboxylic acids is 2. The molecule has 2 aromatic rings. The van der Waals surface area contributed by atoms with Crippen LogP contribution in [0.3, 0.4) is 0 Å². The van der Waals surface area contributed by atoms with Crippen molar-refractivity contribution in [2.24, 2.45) is 11.8 Å². The fourth-order valence-corrected chi connectivity index (χ4v) is 4.78. The molecule has 0 radical (unpaired) electrons. The SMILES string of the molecule is CC1CCN(S(=O)(=O)c2ccc(NC(=O)c3cccc(NC(=O)C(C)C)c3)cc2)CC1. The molecule has 3 rings (SSSR count). The van der Waals surface area contributed by atoms with Crippen molar-refractivity contribution in [1.29, 1.82) is 0 Å². The molecule has 1 fully saturated rings. The largest absolute Gasteiger partial charge is 0.326 e. The van der Waals surface area contributed by atoms with E-state index in [1.807, 2.05) is 0 Å². The van der Waals surface area contributed by atoms with Crippen molar-refractivity contribution < 1.29 is 18.0 Å². The number of sulfonamides is 1. The molecular formula is C23H29N3O4S. The third-order valence-electron chi connectivity index (χ3n) is 5.41. The molecule has 1 aliphatic rings. The third kappa shape index (κ3) is 5.71. The van der Waals surface area contributed by atoms with Gasteiger partial charge in [-0.1, -0.05) is 26.8 Å². The molecular weight excluding hydrogens is 414 g/mol. The molecule has 0 aliphatic carbocycles. The first-order valence-electron chi connectivity index (χ1n) is 10.5. The van der Waals surface area contributed by atoms with Gasteiger partial charge in [0.25, 0.3) is 5.91 Å². The number of nitrogens with zero attached hydrogens (tertiary/aromatic N) is 1. The van der Waals surface area contributed by atoms with E-state index >= 15 is 0 Å². The monoisotopic (exact) mass is 443 g/mol. The molecule has 0 saturated carbocycles. The summed E-state index contributed by atoms with van der Waals surface area (Å²) < 4.78 is 27.2. The van der Waals surface area contributed by atoms with Crippen LogP contribution in [0.4, 0.5) is 11.4 Å². The number of piperidine rings is 1. The van der Waals surface area contributed by atoms with Gasteiger partial charge >= 0.3 is 0 Å². The quantitative estimate of drug-likeness (QED) is 0.707. The van der Waals surface area contributed by atoms with Crippen LogP contribution in [0, 0.1) is 11.8 Å². The zero-order valence-corrected chi connectivity index (χ0v) is 18.9. The van der Waals surface area contributed by atoms with E-state index in [1.165, 1.54) is 16.4 Å². The highest BCUT2D eigenvalue weighted by Gasteiger charge is 2.27. The maximum absolute atomic E-state index is 12.8. The smallest absolute Gasteiger partial charge is 0.255 e. The Morgan fingerprint density at radius 1 is 0.968 bits per heavy atom. The fourth-order valence-electron chi connectivity index (χ4n) is 3.31. The second-order valence-electron chi connectivity index (χ2n) is 8.29. The Kier molecular flexibility index (Phi) is 7.12. The Bertz CT molecular complexity index is 1040. The van der Waals surface area contributed by atoms with Gasteiger partial charge in [-0.3, -0.25) is 9.59 Å². The van der Waals surface area contributed by atoms with Crippen molar-refractivity contribution >= 4 is 33.2 Å². The van der Waals surface area contributed by atoms with Crippen molar-refractivity contribution in [2.75, 3.05) is 23.7 Å². The molecule has 8 heteroatoms. The van der Waals surface area contributed by atoms with Crippen molar-refractivity contribution in [3.8, 4) is 0 Å². The van der Waals surface area contributed by atoms with Crippen LogP contribution < -0.4 is 10.6 Å². The Balaban J connectivity index is 1.67. The van der Waals surface area contributed by atoms with Gasteiger partial charge in [-0.2, -0.15) is 4.31 Å². The van der Waals surface area contributed by atoms with Crippen LogP contribution in [0.5, 0.6) is 0 Å². The topological polar surface area (TPSA) is 95.6 Å². The van der Waals surface area contributed by atoms with E-state index in [0.717, 1.165) is 12.8 Å². The summed E-state index contributed by atoms with van der Waals surface area (Å²) in [5, 5.41) is 5.53. The van der Waals surface area contributed by atoms with Crippen molar-refractivity contribution in [3.63, 3.8) is 0 Å².